The van der Waals surface area contributed by atoms with Gasteiger partial charge in [-0.1, -0.05) is 19.8 Å². The molecule has 0 aromatic heterocycles. The molecule has 2 bridgehead atoms. The third kappa shape index (κ3) is 3.14. The zero-order valence-corrected chi connectivity index (χ0v) is 12.7. The summed E-state index contributed by atoms with van der Waals surface area (Å²) in [5.41, 5.74) is 0.517. The molecule has 2 heterocycles. The van der Waals surface area contributed by atoms with Crippen molar-refractivity contribution in [3.63, 3.8) is 0 Å². The Morgan fingerprint density at radius 2 is 1.95 bits per heavy atom. The lowest BCUT2D eigenvalue weighted by Gasteiger charge is -2.45. The SMILES string of the molecule is CNCC1(CN2CC3CCC(C2)O3)CCCC(C)C1. The summed E-state index contributed by atoms with van der Waals surface area (Å²) >= 11 is 0. The van der Waals surface area contributed by atoms with Gasteiger partial charge in [-0.2, -0.15) is 0 Å². The van der Waals surface area contributed by atoms with Crippen LogP contribution in [0, 0.1) is 11.3 Å². The summed E-state index contributed by atoms with van der Waals surface area (Å²) in [6.07, 6.45) is 9.30. The maximum atomic E-state index is 5.97. The van der Waals surface area contributed by atoms with Crippen molar-refractivity contribution in [1.82, 2.24) is 10.2 Å². The first-order valence-corrected chi connectivity index (χ1v) is 8.21. The van der Waals surface area contributed by atoms with Crippen LogP contribution >= 0.6 is 0 Å². The van der Waals surface area contributed by atoms with Crippen molar-refractivity contribution in [2.24, 2.45) is 11.3 Å². The first-order valence-electron chi connectivity index (χ1n) is 8.21. The van der Waals surface area contributed by atoms with Gasteiger partial charge in [-0.05, 0) is 44.1 Å². The molecule has 19 heavy (non-hydrogen) atoms. The van der Waals surface area contributed by atoms with Gasteiger partial charge in [-0.25, -0.2) is 0 Å². The van der Waals surface area contributed by atoms with Crippen LogP contribution in [0.25, 0.3) is 0 Å². The van der Waals surface area contributed by atoms with Crippen LogP contribution in [0.1, 0.15) is 45.4 Å². The van der Waals surface area contributed by atoms with Crippen LogP contribution in [-0.4, -0.2) is 50.3 Å². The van der Waals surface area contributed by atoms with E-state index in [1.807, 2.05) is 0 Å². The number of nitrogens with zero attached hydrogens (tertiary/aromatic N) is 1. The minimum Gasteiger partial charge on any atom is -0.372 e. The molecule has 0 radical (unpaired) electrons. The Kier molecular flexibility index (Phi) is 4.16. The van der Waals surface area contributed by atoms with E-state index in [0.29, 0.717) is 17.6 Å². The predicted molar refractivity (Wildman–Crippen MR) is 78.3 cm³/mol. The molecular weight excluding hydrogens is 236 g/mol. The zero-order chi connectivity index (χ0) is 13.3. The fourth-order valence-corrected chi connectivity index (χ4v) is 4.81. The highest BCUT2D eigenvalue weighted by atomic mass is 16.5. The molecule has 0 spiro atoms. The number of hydrogen-bond donors (Lipinski definition) is 1. The molecule has 1 aliphatic carbocycles. The summed E-state index contributed by atoms with van der Waals surface area (Å²) in [5, 5.41) is 3.47. The van der Waals surface area contributed by atoms with Crippen molar-refractivity contribution in [3.05, 3.63) is 0 Å². The number of hydrogen-bond acceptors (Lipinski definition) is 3. The molecule has 3 nitrogen and oxygen atoms in total. The molecule has 2 saturated heterocycles. The van der Waals surface area contributed by atoms with E-state index in [0.717, 1.165) is 5.92 Å². The molecule has 0 aromatic rings. The minimum absolute atomic E-state index is 0.517. The van der Waals surface area contributed by atoms with E-state index in [1.165, 1.54) is 64.7 Å². The predicted octanol–water partition coefficient (Wildman–Crippen LogP) is 2.27. The summed E-state index contributed by atoms with van der Waals surface area (Å²) in [5.74, 6) is 0.903. The number of morpholine rings is 1. The molecule has 4 atom stereocenters. The van der Waals surface area contributed by atoms with Crippen molar-refractivity contribution < 1.29 is 4.74 Å². The van der Waals surface area contributed by atoms with Crippen LogP contribution in [0.4, 0.5) is 0 Å². The molecule has 3 fully saturated rings. The summed E-state index contributed by atoms with van der Waals surface area (Å²) in [6, 6.07) is 0. The van der Waals surface area contributed by atoms with E-state index in [2.05, 4.69) is 24.2 Å². The lowest BCUT2D eigenvalue weighted by atomic mass is 9.69. The molecule has 1 saturated carbocycles. The summed E-state index contributed by atoms with van der Waals surface area (Å²) in [7, 11) is 2.12. The number of rotatable bonds is 4. The Morgan fingerprint density at radius 3 is 2.58 bits per heavy atom. The third-order valence-electron chi connectivity index (χ3n) is 5.42. The van der Waals surface area contributed by atoms with Gasteiger partial charge in [0.05, 0.1) is 12.2 Å². The van der Waals surface area contributed by atoms with Crippen LogP contribution in [0.5, 0.6) is 0 Å². The fourth-order valence-electron chi connectivity index (χ4n) is 4.81. The quantitative estimate of drug-likeness (QED) is 0.845. The fraction of sp³-hybridized carbons (Fsp3) is 1.00. The highest BCUT2D eigenvalue weighted by molar-refractivity contribution is 4.93. The molecule has 3 aliphatic rings. The second kappa shape index (κ2) is 5.71. The lowest BCUT2D eigenvalue weighted by molar-refractivity contribution is -0.0560. The van der Waals surface area contributed by atoms with Gasteiger partial charge in [-0.3, -0.25) is 4.90 Å². The zero-order valence-electron chi connectivity index (χ0n) is 12.7. The molecule has 2 aliphatic heterocycles. The number of nitrogens with one attached hydrogen (secondary N) is 1. The van der Waals surface area contributed by atoms with E-state index in [1.54, 1.807) is 0 Å². The molecule has 0 aromatic carbocycles. The van der Waals surface area contributed by atoms with Gasteiger partial charge < -0.3 is 10.1 Å². The molecule has 110 valence electrons. The van der Waals surface area contributed by atoms with Crippen LogP contribution in [-0.2, 0) is 4.74 Å². The molecule has 3 heteroatoms. The van der Waals surface area contributed by atoms with Crippen LogP contribution in [0.15, 0.2) is 0 Å². The van der Waals surface area contributed by atoms with E-state index < -0.39 is 0 Å². The highest BCUT2D eigenvalue weighted by Crippen LogP contribution is 2.40. The first-order chi connectivity index (χ1) is 9.19. The van der Waals surface area contributed by atoms with Crippen LogP contribution in [0.2, 0.25) is 0 Å². The second-order valence-electron chi connectivity index (χ2n) is 7.38. The van der Waals surface area contributed by atoms with Gasteiger partial charge in [0, 0.05) is 26.2 Å². The Bertz CT molecular complexity index is 293. The Balaban J connectivity index is 1.64. The number of fused-ring (bicyclic) bond motifs is 2. The van der Waals surface area contributed by atoms with Crippen molar-refractivity contribution in [1.29, 1.82) is 0 Å². The smallest absolute Gasteiger partial charge is 0.0707 e. The number of likely N-dealkylation sites (tertiary alicyclic amines) is 1. The summed E-state index contributed by atoms with van der Waals surface area (Å²) in [6.45, 7) is 7.26. The lowest BCUT2D eigenvalue weighted by Crippen LogP contribution is -2.51. The standard InChI is InChI=1S/C16H30N2O/c1-13-4-3-7-16(8-13,11-17-2)12-18-9-14-5-6-15(10-18)19-14/h13-15,17H,3-12H2,1-2H3. The average molecular weight is 266 g/mol. The van der Waals surface area contributed by atoms with Gasteiger partial charge in [0.15, 0.2) is 0 Å². The highest BCUT2D eigenvalue weighted by Gasteiger charge is 2.40. The average Bonchev–Trinajstić information content (AvgIpc) is 2.69. The molecular formula is C16H30N2O. The van der Waals surface area contributed by atoms with Crippen LogP contribution in [0.3, 0.4) is 0 Å². The Labute approximate surface area is 118 Å². The molecule has 1 N–H and O–H groups in total. The van der Waals surface area contributed by atoms with E-state index in [4.69, 9.17) is 4.74 Å². The Morgan fingerprint density at radius 1 is 1.21 bits per heavy atom. The summed E-state index contributed by atoms with van der Waals surface area (Å²) in [4.78, 5) is 2.71. The van der Waals surface area contributed by atoms with Gasteiger partial charge >= 0.3 is 0 Å². The minimum atomic E-state index is 0.517. The van der Waals surface area contributed by atoms with E-state index in [-0.39, 0.29) is 0 Å². The van der Waals surface area contributed by atoms with Gasteiger partial charge in [0.1, 0.15) is 0 Å². The third-order valence-corrected chi connectivity index (χ3v) is 5.42. The van der Waals surface area contributed by atoms with Gasteiger partial charge in [0.25, 0.3) is 0 Å². The molecule has 4 unspecified atom stereocenters. The van der Waals surface area contributed by atoms with Crippen molar-refractivity contribution in [3.8, 4) is 0 Å². The van der Waals surface area contributed by atoms with Crippen molar-refractivity contribution in [2.75, 3.05) is 33.2 Å². The maximum absolute atomic E-state index is 5.97. The molecule has 0 amide bonds. The van der Waals surface area contributed by atoms with E-state index >= 15 is 0 Å². The summed E-state index contributed by atoms with van der Waals surface area (Å²) < 4.78 is 5.97. The van der Waals surface area contributed by atoms with Gasteiger partial charge in [-0.15, -0.1) is 0 Å². The van der Waals surface area contributed by atoms with Crippen LogP contribution < -0.4 is 5.32 Å². The monoisotopic (exact) mass is 266 g/mol. The van der Waals surface area contributed by atoms with Crippen molar-refractivity contribution >= 4 is 0 Å². The second-order valence-corrected chi connectivity index (χ2v) is 7.38. The number of ether oxygens (including phenoxy) is 1. The van der Waals surface area contributed by atoms with Crippen molar-refractivity contribution in [2.45, 2.75) is 57.7 Å². The first kappa shape index (κ1) is 13.8. The largest absolute Gasteiger partial charge is 0.372 e. The maximum Gasteiger partial charge on any atom is 0.0707 e. The molecule has 3 rings (SSSR count). The van der Waals surface area contributed by atoms with E-state index in [9.17, 15) is 0 Å². The normalized spacial score (nSPS) is 43.6. The van der Waals surface area contributed by atoms with Gasteiger partial charge in [0.2, 0.25) is 0 Å². The topological polar surface area (TPSA) is 24.5 Å². The Hall–Kier alpha value is -0.120.